The second-order valence-corrected chi connectivity index (χ2v) is 4.50. The predicted molar refractivity (Wildman–Crippen MR) is 77.7 cm³/mol. The molecule has 0 atom stereocenters. The highest BCUT2D eigenvalue weighted by Crippen LogP contribution is 2.17. The molecule has 0 spiro atoms. The van der Waals surface area contributed by atoms with Crippen LogP contribution >= 0.6 is 11.6 Å². The second-order valence-electron chi connectivity index (χ2n) is 4.12. The molecular weight excluding hydrogens is 298 g/mol. The number of benzene rings is 1. The molecule has 0 aliphatic rings. The van der Waals surface area contributed by atoms with E-state index in [1.54, 1.807) is 0 Å². The van der Waals surface area contributed by atoms with Crippen molar-refractivity contribution in [2.24, 2.45) is 0 Å². The second kappa shape index (κ2) is 8.26. The van der Waals surface area contributed by atoms with Gasteiger partial charge in [-0.25, -0.2) is 9.59 Å². The van der Waals surface area contributed by atoms with E-state index in [4.69, 9.17) is 11.6 Å². The first kappa shape index (κ1) is 17.0. The summed E-state index contributed by atoms with van der Waals surface area (Å²) in [4.78, 5) is 34.8. The van der Waals surface area contributed by atoms with Gasteiger partial charge in [0.05, 0.1) is 25.3 Å². The van der Waals surface area contributed by atoms with Gasteiger partial charge in [0.1, 0.15) is 0 Å². The third kappa shape index (κ3) is 5.07. The Morgan fingerprint density at radius 1 is 1.05 bits per heavy atom. The first-order chi connectivity index (χ1) is 10.0. The smallest absolute Gasteiger partial charge is 0.337 e. The lowest BCUT2D eigenvalue weighted by Gasteiger charge is -2.09. The van der Waals surface area contributed by atoms with Crippen molar-refractivity contribution in [3.63, 3.8) is 0 Å². The quantitative estimate of drug-likeness (QED) is 0.643. The number of ether oxygens (including phenoxy) is 2. The van der Waals surface area contributed by atoms with Gasteiger partial charge in [0.15, 0.2) is 0 Å². The predicted octanol–water partition coefficient (Wildman–Crippen LogP) is 2.22. The molecule has 1 aromatic rings. The van der Waals surface area contributed by atoms with E-state index in [1.165, 1.54) is 32.4 Å². The van der Waals surface area contributed by atoms with E-state index in [0.717, 1.165) is 0 Å². The first-order valence-corrected chi connectivity index (χ1v) is 6.72. The minimum Gasteiger partial charge on any atom is -0.465 e. The van der Waals surface area contributed by atoms with Crippen molar-refractivity contribution in [3.8, 4) is 0 Å². The van der Waals surface area contributed by atoms with Crippen LogP contribution in [0.4, 0.5) is 5.69 Å². The van der Waals surface area contributed by atoms with Crippen molar-refractivity contribution in [2.45, 2.75) is 12.8 Å². The van der Waals surface area contributed by atoms with Crippen molar-refractivity contribution in [1.29, 1.82) is 0 Å². The summed E-state index contributed by atoms with van der Waals surface area (Å²) in [5.41, 5.74) is 0.610. The average molecular weight is 314 g/mol. The molecule has 7 heteroatoms. The van der Waals surface area contributed by atoms with Crippen LogP contribution in [0.15, 0.2) is 18.2 Å². The lowest BCUT2D eigenvalue weighted by atomic mass is 10.1. The summed E-state index contributed by atoms with van der Waals surface area (Å²) in [5.74, 6) is -1.11. The topological polar surface area (TPSA) is 81.7 Å². The molecular formula is C14H16ClNO5. The summed E-state index contributed by atoms with van der Waals surface area (Å²) in [6, 6.07) is 4.19. The Morgan fingerprint density at radius 3 is 2.00 bits per heavy atom. The van der Waals surface area contributed by atoms with Crippen molar-refractivity contribution in [1.82, 2.24) is 0 Å². The number of anilines is 1. The minimum absolute atomic E-state index is 0.146. The van der Waals surface area contributed by atoms with Gasteiger partial charge in [-0.15, -0.1) is 11.6 Å². The third-order valence-corrected chi connectivity index (χ3v) is 2.86. The van der Waals surface area contributed by atoms with E-state index in [0.29, 0.717) is 18.0 Å². The number of hydrogen-bond acceptors (Lipinski definition) is 5. The fraction of sp³-hybridized carbons (Fsp3) is 0.357. The average Bonchev–Trinajstić information content (AvgIpc) is 2.50. The number of halogens is 1. The number of amides is 1. The van der Waals surface area contributed by atoms with Crippen LogP contribution in [-0.2, 0) is 14.3 Å². The molecule has 0 aromatic heterocycles. The first-order valence-electron chi connectivity index (χ1n) is 6.19. The van der Waals surface area contributed by atoms with Crippen LogP contribution in [0.3, 0.4) is 0 Å². The highest BCUT2D eigenvalue weighted by Gasteiger charge is 2.14. The van der Waals surface area contributed by atoms with Gasteiger partial charge < -0.3 is 14.8 Å². The molecule has 1 aromatic carbocycles. The van der Waals surface area contributed by atoms with Crippen LogP contribution in [0.1, 0.15) is 33.6 Å². The van der Waals surface area contributed by atoms with E-state index in [1.807, 2.05) is 0 Å². The normalized spacial score (nSPS) is 9.86. The molecule has 1 rings (SSSR count). The van der Waals surface area contributed by atoms with E-state index in [9.17, 15) is 14.4 Å². The molecule has 0 fully saturated rings. The Labute approximate surface area is 127 Å². The molecule has 0 saturated heterocycles. The monoisotopic (exact) mass is 313 g/mol. The number of methoxy groups -OCH3 is 2. The van der Waals surface area contributed by atoms with E-state index >= 15 is 0 Å². The third-order valence-electron chi connectivity index (χ3n) is 2.60. The zero-order valence-corrected chi connectivity index (χ0v) is 12.5. The minimum atomic E-state index is -0.614. The number of rotatable bonds is 6. The maximum atomic E-state index is 11.7. The molecule has 1 amide bonds. The van der Waals surface area contributed by atoms with Crippen molar-refractivity contribution < 1.29 is 23.9 Å². The highest BCUT2D eigenvalue weighted by atomic mass is 35.5. The molecule has 0 radical (unpaired) electrons. The van der Waals surface area contributed by atoms with Gasteiger partial charge in [0.2, 0.25) is 5.91 Å². The van der Waals surface area contributed by atoms with Crippen LogP contribution in [0.5, 0.6) is 0 Å². The summed E-state index contributed by atoms with van der Waals surface area (Å²) >= 11 is 5.52. The summed E-state index contributed by atoms with van der Waals surface area (Å²) in [6.07, 6.45) is 0.785. The maximum Gasteiger partial charge on any atom is 0.337 e. The summed E-state index contributed by atoms with van der Waals surface area (Å²) < 4.78 is 9.22. The standard InChI is InChI=1S/C14H16ClNO5/c1-20-13(18)9-6-10(14(19)21-2)8-11(7-9)16-12(17)4-3-5-15/h6-8H,3-5H2,1-2H3,(H,16,17). The molecule has 0 unspecified atom stereocenters. The van der Waals surface area contributed by atoms with Gasteiger partial charge in [-0.1, -0.05) is 0 Å². The number of hydrogen-bond donors (Lipinski definition) is 1. The zero-order chi connectivity index (χ0) is 15.8. The van der Waals surface area contributed by atoms with Crippen LogP contribution in [0, 0.1) is 0 Å². The Kier molecular flexibility index (Phi) is 6.68. The van der Waals surface area contributed by atoms with Gasteiger partial charge in [0.25, 0.3) is 0 Å². The van der Waals surface area contributed by atoms with Crippen LogP contribution in [0.2, 0.25) is 0 Å². The van der Waals surface area contributed by atoms with Crippen molar-refractivity contribution in [2.75, 3.05) is 25.4 Å². The Balaban J connectivity index is 3.04. The lowest BCUT2D eigenvalue weighted by molar-refractivity contribution is -0.116. The number of alkyl halides is 1. The molecule has 0 heterocycles. The molecule has 114 valence electrons. The summed E-state index contributed by atoms with van der Waals surface area (Å²) in [7, 11) is 2.46. The molecule has 1 N–H and O–H groups in total. The van der Waals surface area contributed by atoms with Gasteiger partial charge in [-0.3, -0.25) is 4.79 Å². The van der Waals surface area contributed by atoms with Gasteiger partial charge in [-0.05, 0) is 24.6 Å². The number of carbonyl (C=O) groups is 3. The molecule has 0 saturated carbocycles. The molecule has 0 bridgehead atoms. The van der Waals surface area contributed by atoms with Gasteiger partial charge in [0, 0.05) is 18.0 Å². The molecule has 6 nitrogen and oxygen atoms in total. The van der Waals surface area contributed by atoms with Gasteiger partial charge in [-0.2, -0.15) is 0 Å². The highest BCUT2D eigenvalue weighted by molar-refractivity contribution is 6.18. The fourth-order valence-corrected chi connectivity index (χ4v) is 1.76. The number of nitrogens with one attached hydrogen (secondary N) is 1. The SMILES string of the molecule is COC(=O)c1cc(NC(=O)CCCCl)cc(C(=O)OC)c1. The van der Waals surface area contributed by atoms with Crippen molar-refractivity contribution in [3.05, 3.63) is 29.3 Å². The summed E-state index contributed by atoms with van der Waals surface area (Å²) in [6.45, 7) is 0. The Morgan fingerprint density at radius 2 is 1.57 bits per heavy atom. The Hall–Kier alpha value is -2.08. The van der Waals surface area contributed by atoms with Crippen LogP contribution in [0.25, 0.3) is 0 Å². The van der Waals surface area contributed by atoms with E-state index in [-0.39, 0.29) is 23.5 Å². The molecule has 21 heavy (non-hydrogen) atoms. The van der Waals surface area contributed by atoms with Crippen molar-refractivity contribution >= 4 is 35.1 Å². The zero-order valence-electron chi connectivity index (χ0n) is 11.8. The van der Waals surface area contributed by atoms with Crippen LogP contribution < -0.4 is 5.32 Å². The fourth-order valence-electron chi connectivity index (χ4n) is 1.62. The molecule has 0 aliphatic carbocycles. The van der Waals surface area contributed by atoms with Gasteiger partial charge >= 0.3 is 11.9 Å². The van der Waals surface area contributed by atoms with E-state index in [2.05, 4.69) is 14.8 Å². The van der Waals surface area contributed by atoms with Crippen LogP contribution in [-0.4, -0.2) is 37.9 Å². The molecule has 0 aliphatic heterocycles. The van der Waals surface area contributed by atoms with E-state index < -0.39 is 11.9 Å². The summed E-state index contributed by atoms with van der Waals surface area (Å²) in [5, 5.41) is 2.60. The maximum absolute atomic E-state index is 11.7. The lowest BCUT2D eigenvalue weighted by Crippen LogP contribution is -2.14. The number of carbonyl (C=O) groups excluding carboxylic acids is 3. The largest absolute Gasteiger partial charge is 0.465 e. The Bertz CT molecular complexity index is 510. The number of esters is 2.